The van der Waals surface area contributed by atoms with E-state index in [4.69, 9.17) is 14.2 Å². The Morgan fingerprint density at radius 2 is 1.62 bits per heavy atom. The SMILES string of the molecule is COc1cc(C(=O)NCCNC2CCCCC2)cc(OC)c1OC. The zero-order valence-corrected chi connectivity index (χ0v) is 14.8. The summed E-state index contributed by atoms with van der Waals surface area (Å²) in [5.74, 6) is 1.28. The number of carbonyl (C=O) groups excluding carboxylic acids is 1. The van der Waals surface area contributed by atoms with Crippen LogP contribution in [0.4, 0.5) is 0 Å². The fraction of sp³-hybridized carbons (Fsp3) is 0.611. The molecule has 134 valence electrons. The molecule has 6 heteroatoms. The fourth-order valence-corrected chi connectivity index (χ4v) is 3.07. The Morgan fingerprint density at radius 3 is 2.17 bits per heavy atom. The van der Waals surface area contributed by atoms with Crippen molar-refractivity contribution >= 4 is 5.91 Å². The average molecular weight is 336 g/mol. The van der Waals surface area contributed by atoms with Crippen LogP contribution >= 0.6 is 0 Å². The van der Waals surface area contributed by atoms with Crippen molar-refractivity contribution in [3.63, 3.8) is 0 Å². The van der Waals surface area contributed by atoms with Gasteiger partial charge < -0.3 is 24.8 Å². The minimum absolute atomic E-state index is 0.153. The van der Waals surface area contributed by atoms with Gasteiger partial charge in [0.1, 0.15) is 0 Å². The molecule has 2 N–H and O–H groups in total. The maximum absolute atomic E-state index is 12.3. The molecule has 1 amide bonds. The van der Waals surface area contributed by atoms with Gasteiger partial charge in [-0.05, 0) is 25.0 Å². The van der Waals surface area contributed by atoms with Crippen molar-refractivity contribution in [2.24, 2.45) is 0 Å². The molecule has 0 heterocycles. The molecule has 2 rings (SSSR count). The third kappa shape index (κ3) is 4.77. The van der Waals surface area contributed by atoms with Crippen LogP contribution in [0, 0.1) is 0 Å². The van der Waals surface area contributed by atoms with Gasteiger partial charge in [0.05, 0.1) is 21.3 Å². The summed E-state index contributed by atoms with van der Waals surface area (Å²) in [6, 6.07) is 3.91. The van der Waals surface area contributed by atoms with Crippen molar-refractivity contribution in [1.29, 1.82) is 0 Å². The molecule has 0 unspecified atom stereocenters. The molecule has 1 saturated carbocycles. The van der Waals surface area contributed by atoms with Gasteiger partial charge in [-0.2, -0.15) is 0 Å². The third-order valence-corrected chi connectivity index (χ3v) is 4.38. The normalized spacial score (nSPS) is 15.0. The largest absolute Gasteiger partial charge is 0.493 e. The molecule has 24 heavy (non-hydrogen) atoms. The van der Waals surface area contributed by atoms with Crippen LogP contribution in [0.3, 0.4) is 0 Å². The zero-order valence-electron chi connectivity index (χ0n) is 14.8. The fourth-order valence-electron chi connectivity index (χ4n) is 3.07. The lowest BCUT2D eigenvalue weighted by Crippen LogP contribution is -2.38. The van der Waals surface area contributed by atoms with Crippen molar-refractivity contribution < 1.29 is 19.0 Å². The first-order chi connectivity index (χ1) is 11.7. The van der Waals surface area contributed by atoms with E-state index in [1.807, 2.05) is 0 Å². The number of hydrogen-bond donors (Lipinski definition) is 2. The number of carbonyl (C=O) groups is 1. The van der Waals surface area contributed by atoms with Crippen LogP contribution < -0.4 is 24.8 Å². The van der Waals surface area contributed by atoms with Gasteiger partial charge in [0.15, 0.2) is 11.5 Å². The van der Waals surface area contributed by atoms with Crippen molar-refractivity contribution in [2.45, 2.75) is 38.1 Å². The van der Waals surface area contributed by atoms with E-state index < -0.39 is 0 Å². The molecule has 1 aliphatic rings. The molecule has 6 nitrogen and oxygen atoms in total. The topological polar surface area (TPSA) is 68.8 Å². The second-order valence-corrected chi connectivity index (χ2v) is 5.96. The minimum Gasteiger partial charge on any atom is -0.493 e. The maximum Gasteiger partial charge on any atom is 0.251 e. The molecule has 0 saturated heterocycles. The number of hydrogen-bond acceptors (Lipinski definition) is 5. The lowest BCUT2D eigenvalue weighted by molar-refractivity contribution is 0.0952. The van der Waals surface area contributed by atoms with Crippen LogP contribution in [0.15, 0.2) is 12.1 Å². The van der Waals surface area contributed by atoms with Crippen LogP contribution in [0.25, 0.3) is 0 Å². The Labute approximate surface area is 143 Å². The number of benzene rings is 1. The highest BCUT2D eigenvalue weighted by molar-refractivity contribution is 5.95. The molecule has 0 aliphatic heterocycles. The van der Waals surface area contributed by atoms with Gasteiger partial charge in [-0.3, -0.25) is 4.79 Å². The van der Waals surface area contributed by atoms with E-state index in [2.05, 4.69) is 10.6 Å². The lowest BCUT2D eigenvalue weighted by Gasteiger charge is -2.22. The quantitative estimate of drug-likeness (QED) is 0.713. The standard InChI is InChI=1S/C18H28N2O4/c1-22-15-11-13(12-16(23-2)17(15)24-3)18(21)20-10-9-19-14-7-5-4-6-8-14/h11-12,14,19H,4-10H2,1-3H3,(H,20,21). The number of rotatable bonds is 8. The molecule has 1 aromatic rings. The number of ether oxygens (including phenoxy) is 3. The second-order valence-electron chi connectivity index (χ2n) is 5.96. The molecule has 1 fully saturated rings. The summed E-state index contributed by atoms with van der Waals surface area (Å²) in [5, 5.41) is 6.43. The third-order valence-electron chi connectivity index (χ3n) is 4.38. The van der Waals surface area contributed by atoms with Gasteiger partial charge >= 0.3 is 0 Å². The predicted octanol–water partition coefficient (Wildman–Crippen LogP) is 2.36. The van der Waals surface area contributed by atoms with Gasteiger partial charge in [0, 0.05) is 24.7 Å². The van der Waals surface area contributed by atoms with E-state index in [0.29, 0.717) is 35.4 Å². The first-order valence-electron chi connectivity index (χ1n) is 8.51. The summed E-state index contributed by atoms with van der Waals surface area (Å²) in [6.07, 6.45) is 6.42. The van der Waals surface area contributed by atoms with E-state index >= 15 is 0 Å². The summed E-state index contributed by atoms with van der Waals surface area (Å²) in [7, 11) is 4.61. The zero-order chi connectivity index (χ0) is 17.4. The molecule has 0 atom stereocenters. The number of amides is 1. The average Bonchev–Trinajstić information content (AvgIpc) is 2.64. The van der Waals surface area contributed by atoms with Crippen LogP contribution in [-0.4, -0.2) is 46.4 Å². The summed E-state index contributed by atoms with van der Waals surface area (Å²) in [6.45, 7) is 1.37. The van der Waals surface area contributed by atoms with Crippen molar-refractivity contribution in [1.82, 2.24) is 10.6 Å². The van der Waals surface area contributed by atoms with Crippen LogP contribution in [0.2, 0.25) is 0 Å². The molecule has 1 aromatic carbocycles. The summed E-state index contributed by atoms with van der Waals surface area (Å²) >= 11 is 0. The number of nitrogens with one attached hydrogen (secondary N) is 2. The van der Waals surface area contributed by atoms with E-state index in [1.54, 1.807) is 12.1 Å². The lowest BCUT2D eigenvalue weighted by atomic mass is 9.95. The Balaban J connectivity index is 1.89. The Hall–Kier alpha value is -1.95. The predicted molar refractivity (Wildman–Crippen MR) is 93.3 cm³/mol. The van der Waals surface area contributed by atoms with Gasteiger partial charge in [0.2, 0.25) is 5.75 Å². The maximum atomic E-state index is 12.3. The van der Waals surface area contributed by atoms with Gasteiger partial charge in [-0.25, -0.2) is 0 Å². The number of methoxy groups -OCH3 is 3. The Kier molecular flexibility index (Phi) is 7.18. The highest BCUT2D eigenvalue weighted by atomic mass is 16.5. The van der Waals surface area contributed by atoms with Crippen LogP contribution in [0.5, 0.6) is 17.2 Å². The van der Waals surface area contributed by atoms with Crippen molar-refractivity contribution in [2.75, 3.05) is 34.4 Å². The Morgan fingerprint density at radius 1 is 1.00 bits per heavy atom. The second kappa shape index (κ2) is 9.37. The minimum atomic E-state index is -0.153. The van der Waals surface area contributed by atoms with E-state index in [1.165, 1.54) is 53.4 Å². The first kappa shape index (κ1) is 18.4. The molecule has 0 bridgehead atoms. The molecule has 0 aromatic heterocycles. The highest BCUT2D eigenvalue weighted by Gasteiger charge is 2.17. The molecule has 0 radical (unpaired) electrons. The highest BCUT2D eigenvalue weighted by Crippen LogP contribution is 2.38. The van der Waals surface area contributed by atoms with Gasteiger partial charge in [-0.15, -0.1) is 0 Å². The van der Waals surface area contributed by atoms with Gasteiger partial charge in [0.25, 0.3) is 5.91 Å². The summed E-state index contributed by atoms with van der Waals surface area (Å²) < 4.78 is 15.8. The summed E-state index contributed by atoms with van der Waals surface area (Å²) in [5.41, 5.74) is 0.488. The molecular weight excluding hydrogens is 308 g/mol. The van der Waals surface area contributed by atoms with Crippen LogP contribution in [0.1, 0.15) is 42.5 Å². The van der Waals surface area contributed by atoms with Crippen LogP contribution in [-0.2, 0) is 0 Å². The smallest absolute Gasteiger partial charge is 0.251 e. The van der Waals surface area contributed by atoms with Crippen molar-refractivity contribution in [3.8, 4) is 17.2 Å². The Bertz CT molecular complexity index is 517. The monoisotopic (exact) mass is 336 g/mol. The van der Waals surface area contributed by atoms with E-state index in [0.717, 1.165) is 6.54 Å². The molecular formula is C18H28N2O4. The van der Waals surface area contributed by atoms with E-state index in [9.17, 15) is 4.79 Å². The van der Waals surface area contributed by atoms with Crippen molar-refractivity contribution in [3.05, 3.63) is 17.7 Å². The molecule has 0 spiro atoms. The van der Waals surface area contributed by atoms with E-state index in [-0.39, 0.29) is 5.91 Å². The summed E-state index contributed by atoms with van der Waals surface area (Å²) in [4.78, 5) is 12.3. The molecule has 1 aliphatic carbocycles. The van der Waals surface area contributed by atoms with Gasteiger partial charge in [-0.1, -0.05) is 19.3 Å². The first-order valence-corrected chi connectivity index (χ1v) is 8.51.